The number of nitrogens with zero attached hydrogens (tertiary/aromatic N) is 1. The van der Waals surface area contributed by atoms with Crippen LogP contribution in [0.25, 0.3) is 5.32 Å². The smallest absolute Gasteiger partial charge is 0.0322 e. The Morgan fingerprint density at radius 2 is 1.28 bits per heavy atom. The van der Waals surface area contributed by atoms with Crippen molar-refractivity contribution in [1.29, 1.82) is 0 Å². The molecule has 0 rings (SSSR count). The summed E-state index contributed by atoms with van der Waals surface area (Å²) in [5, 5.41) is 4.64. The molecular formula is C28H54N-. The fourth-order valence-corrected chi connectivity index (χ4v) is 3.96. The topological polar surface area (TPSA) is 14.1 Å². The summed E-state index contributed by atoms with van der Waals surface area (Å²) in [4.78, 5) is 0. The maximum absolute atomic E-state index is 4.64. The summed E-state index contributed by atoms with van der Waals surface area (Å²) in [7, 11) is 0. The minimum atomic E-state index is 0.895. The van der Waals surface area contributed by atoms with Crippen LogP contribution in [0.15, 0.2) is 24.8 Å². The summed E-state index contributed by atoms with van der Waals surface area (Å²) < 4.78 is 0. The van der Waals surface area contributed by atoms with E-state index in [1.165, 1.54) is 109 Å². The summed E-state index contributed by atoms with van der Waals surface area (Å²) in [5.74, 6) is 0.895. The molecule has 0 aromatic rings. The van der Waals surface area contributed by atoms with Crippen LogP contribution in [0.5, 0.6) is 0 Å². The van der Waals surface area contributed by atoms with Crippen molar-refractivity contribution in [2.45, 2.75) is 136 Å². The van der Waals surface area contributed by atoms with E-state index in [1.54, 1.807) is 0 Å². The quantitative estimate of drug-likeness (QED) is 0.112. The average molecular weight is 405 g/mol. The molecule has 0 saturated heterocycles. The van der Waals surface area contributed by atoms with Crippen molar-refractivity contribution >= 4 is 0 Å². The number of hydrogen-bond donors (Lipinski definition) is 0. The van der Waals surface area contributed by atoms with Gasteiger partial charge in [0.2, 0.25) is 0 Å². The van der Waals surface area contributed by atoms with Crippen LogP contribution in [-0.4, -0.2) is 13.1 Å². The molecule has 0 aromatic heterocycles. The lowest BCUT2D eigenvalue weighted by molar-refractivity contribution is 0.440. The van der Waals surface area contributed by atoms with Gasteiger partial charge in [-0.1, -0.05) is 135 Å². The monoisotopic (exact) mass is 404 g/mol. The van der Waals surface area contributed by atoms with Crippen molar-refractivity contribution in [2.75, 3.05) is 13.1 Å². The predicted octanol–water partition coefficient (Wildman–Crippen LogP) is 10.2. The first-order valence-corrected chi connectivity index (χ1v) is 13.2. The molecule has 1 heteroatoms. The Bertz CT molecular complexity index is 333. The number of allylic oxidation sites excluding steroid dienone is 2. The Labute approximate surface area is 185 Å². The van der Waals surface area contributed by atoms with Gasteiger partial charge in [0.25, 0.3) is 0 Å². The summed E-state index contributed by atoms with van der Waals surface area (Å²) in [5.41, 5.74) is 0. The Balaban J connectivity index is 3.38. The minimum Gasteiger partial charge on any atom is -0.662 e. The number of unbranched alkanes of at least 4 members (excludes halogenated alkanes) is 13. The first-order chi connectivity index (χ1) is 14.3. The molecule has 0 heterocycles. The number of hydrogen-bond acceptors (Lipinski definition) is 0. The summed E-state index contributed by atoms with van der Waals surface area (Å²) in [6.45, 7) is 10.5. The van der Waals surface area contributed by atoms with Crippen LogP contribution in [-0.2, 0) is 0 Å². The maximum Gasteiger partial charge on any atom is -0.0322 e. The first-order valence-electron chi connectivity index (χ1n) is 13.2. The fraction of sp³-hybridized carbons (Fsp3) is 0.857. The highest BCUT2D eigenvalue weighted by Crippen LogP contribution is 2.19. The molecular weight excluding hydrogens is 350 g/mol. The van der Waals surface area contributed by atoms with Gasteiger partial charge in [0.15, 0.2) is 0 Å². The van der Waals surface area contributed by atoms with Gasteiger partial charge in [-0.05, 0) is 25.2 Å². The van der Waals surface area contributed by atoms with Gasteiger partial charge in [-0.3, -0.25) is 0 Å². The van der Waals surface area contributed by atoms with Crippen molar-refractivity contribution in [3.05, 3.63) is 30.1 Å². The van der Waals surface area contributed by atoms with E-state index in [-0.39, 0.29) is 0 Å². The molecule has 29 heavy (non-hydrogen) atoms. The molecule has 1 unspecified atom stereocenters. The Morgan fingerprint density at radius 3 is 1.90 bits per heavy atom. The molecule has 0 spiro atoms. The molecule has 0 fully saturated rings. The zero-order valence-electron chi connectivity index (χ0n) is 20.3. The van der Waals surface area contributed by atoms with Crippen molar-refractivity contribution in [3.8, 4) is 0 Å². The molecule has 0 aliphatic carbocycles. The Hall–Kier alpha value is -0.560. The third-order valence-electron chi connectivity index (χ3n) is 6.11. The summed E-state index contributed by atoms with van der Waals surface area (Å²) >= 11 is 0. The van der Waals surface area contributed by atoms with Gasteiger partial charge in [-0.15, -0.1) is 19.7 Å². The van der Waals surface area contributed by atoms with E-state index in [2.05, 4.69) is 37.9 Å². The standard InChI is InChI=1S/C28H54N/c1-4-7-9-11-12-13-14-15-16-17-20-24-28(6-3)25-21-19-23-27-29-26-22-18-10-8-5-2/h5,19,21,28H,2,4,6-18,20,22-27H2,1,3H3/q-1/b21-19+. The minimum absolute atomic E-state index is 0.895. The fourth-order valence-electron chi connectivity index (χ4n) is 3.96. The van der Waals surface area contributed by atoms with Crippen LogP contribution in [0, 0.1) is 5.92 Å². The Kier molecular flexibility index (Phi) is 25.0. The van der Waals surface area contributed by atoms with E-state index in [1.807, 2.05) is 6.08 Å². The highest BCUT2D eigenvalue weighted by molar-refractivity contribution is 4.89. The zero-order valence-corrected chi connectivity index (χ0v) is 20.3. The van der Waals surface area contributed by atoms with Crippen LogP contribution in [0.2, 0.25) is 0 Å². The van der Waals surface area contributed by atoms with E-state index in [4.69, 9.17) is 0 Å². The van der Waals surface area contributed by atoms with Crippen LogP contribution in [0.3, 0.4) is 0 Å². The molecule has 0 N–H and O–H groups in total. The molecule has 0 bridgehead atoms. The number of rotatable bonds is 24. The van der Waals surface area contributed by atoms with Crippen molar-refractivity contribution < 1.29 is 0 Å². The molecule has 0 aromatic carbocycles. The van der Waals surface area contributed by atoms with Crippen LogP contribution >= 0.6 is 0 Å². The highest BCUT2D eigenvalue weighted by atomic mass is 14.8. The molecule has 0 saturated carbocycles. The lowest BCUT2D eigenvalue weighted by Crippen LogP contribution is -1.97. The van der Waals surface area contributed by atoms with Crippen LogP contribution in [0.1, 0.15) is 136 Å². The van der Waals surface area contributed by atoms with Crippen LogP contribution < -0.4 is 0 Å². The molecule has 0 radical (unpaired) electrons. The summed E-state index contributed by atoms with van der Waals surface area (Å²) in [6, 6.07) is 0. The normalized spacial score (nSPS) is 12.6. The van der Waals surface area contributed by atoms with Crippen LogP contribution in [0.4, 0.5) is 0 Å². The Morgan fingerprint density at radius 1 is 0.655 bits per heavy atom. The third kappa shape index (κ3) is 23.6. The van der Waals surface area contributed by atoms with E-state index < -0.39 is 0 Å². The van der Waals surface area contributed by atoms with Gasteiger partial charge in [0.05, 0.1) is 0 Å². The van der Waals surface area contributed by atoms with Gasteiger partial charge in [0, 0.05) is 0 Å². The van der Waals surface area contributed by atoms with Crippen molar-refractivity contribution in [3.63, 3.8) is 0 Å². The SMILES string of the molecule is C=CCCCCC[N-]CC/C=C/CC(CC)CCCCCCCCCCCCC. The van der Waals surface area contributed by atoms with E-state index >= 15 is 0 Å². The van der Waals surface area contributed by atoms with E-state index in [0.29, 0.717) is 0 Å². The molecule has 0 aliphatic heterocycles. The van der Waals surface area contributed by atoms with Crippen molar-refractivity contribution in [2.24, 2.45) is 5.92 Å². The van der Waals surface area contributed by atoms with Gasteiger partial charge in [-0.25, -0.2) is 0 Å². The summed E-state index contributed by atoms with van der Waals surface area (Å²) in [6.07, 6.45) is 32.8. The molecule has 172 valence electrons. The largest absolute Gasteiger partial charge is 0.662 e. The maximum atomic E-state index is 4.64. The van der Waals surface area contributed by atoms with Crippen molar-refractivity contribution in [1.82, 2.24) is 0 Å². The second-order valence-electron chi connectivity index (χ2n) is 8.90. The average Bonchev–Trinajstić information content (AvgIpc) is 2.74. The van der Waals surface area contributed by atoms with Gasteiger partial charge in [0.1, 0.15) is 0 Å². The van der Waals surface area contributed by atoms with E-state index in [0.717, 1.165) is 31.8 Å². The molecule has 0 amide bonds. The van der Waals surface area contributed by atoms with E-state index in [9.17, 15) is 0 Å². The highest BCUT2D eigenvalue weighted by Gasteiger charge is 2.03. The van der Waals surface area contributed by atoms with Gasteiger partial charge < -0.3 is 5.32 Å². The van der Waals surface area contributed by atoms with Gasteiger partial charge >= 0.3 is 0 Å². The third-order valence-corrected chi connectivity index (χ3v) is 6.11. The predicted molar refractivity (Wildman–Crippen MR) is 135 cm³/mol. The second-order valence-corrected chi connectivity index (χ2v) is 8.90. The second kappa shape index (κ2) is 25.5. The van der Waals surface area contributed by atoms with Gasteiger partial charge in [-0.2, -0.15) is 0 Å². The lowest BCUT2D eigenvalue weighted by Gasteiger charge is -2.17. The molecule has 1 atom stereocenters. The lowest BCUT2D eigenvalue weighted by atomic mass is 9.94. The zero-order chi connectivity index (χ0) is 21.3. The first kappa shape index (κ1) is 28.4. The molecule has 0 aliphatic rings. The molecule has 1 nitrogen and oxygen atoms in total.